The normalized spacial score (nSPS) is 20.2. The number of aliphatic carboxylic acids is 1. The van der Waals surface area contributed by atoms with Crippen LogP contribution in [-0.2, 0) is 25.8 Å². The SMILES string of the molecule is CO/N=C(\C(=O)NC1C(=O)N2C(C(=O)O)=C(C[n+]3ccc4sc(NC(=O)N5CCCC5)nc4c3)CS[C@H]12)c1csc(N)n1. The number of carbonyl (C=O) groups excluding carboxylic acids is 3. The molecule has 2 atom stereocenters. The van der Waals surface area contributed by atoms with E-state index in [-0.39, 0.29) is 34.8 Å². The van der Waals surface area contributed by atoms with Crippen LogP contribution in [0.3, 0.4) is 0 Å². The van der Waals surface area contributed by atoms with E-state index in [2.05, 4.69) is 25.8 Å². The molecule has 1 unspecified atom stereocenters. The lowest BCUT2D eigenvalue weighted by Gasteiger charge is -2.49. The second-order valence-electron chi connectivity index (χ2n) is 9.82. The molecule has 3 aromatic rings. The Hall–Kier alpha value is -4.29. The third kappa shape index (κ3) is 5.59. The molecule has 6 heterocycles. The molecular formula is C25H26N9O6S3+. The Bertz CT molecular complexity index is 1700. The van der Waals surface area contributed by atoms with Gasteiger partial charge in [0.05, 0.1) is 4.70 Å². The first-order chi connectivity index (χ1) is 20.7. The van der Waals surface area contributed by atoms with Crippen molar-refractivity contribution in [2.75, 3.05) is 37.0 Å². The summed E-state index contributed by atoms with van der Waals surface area (Å²) in [6, 6.07) is 0.728. The quantitative estimate of drug-likeness (QED) is 0.119. The third-order valence-corrected chi connectivity index (χ3v) is 10.0. The number of hydrogen-bond acceptors (Lipinski definition) is 12. The summed E-state index contributed by atoms with van der Waals surface area (Å²) in [6.45, 7) is 1.67. The lowest BCUT2D eigenvalue weighted by Crippen LogP contribution is -2.71. The summed E-state index contributed by atoms with van der Waals surface area (Å²) >= 11 is 3.83. The van der Waals surface area contributed by atoms with Gasteiger partial charge >= 0.3 is 12.0 Å². The van der Waals surface area contributed by atoms with Crippen LogP contribution in [0, 0.1) is 0 Å². The highest BCUT2D eigenvalue weighted by atomic mass is 32.2. The Morgan fingerprint density at radius 3 is 2.77 bits per heavy atom. The Balaban J connectivity index is 1.17. The predicted molar refractivity (Wildman–Crippen MR) is 159 cm³/mol. The molecule has 3 aromatic heterocycles. The number of nitrogens with zero attached hydrogens (tertiary/aromatic N) is 6. The highest BCUT2D eigenvalue weighted by Crippen LogP contribution is 2.40. The van der Waals surface area contributed by atoms with Gasteiger partial charge < -0.3 is 25.9 Å². The summed E-state index contributed by atoms with van der Waals surface area (Å²) in [5.41, 5.74) is 6.80. The highest BCUT2D eigenvalue weighted by Gasteiger charge is 2.54. The van der Waals surface area contributed by atoms with Crippen molar-refractivity contribution in [3.63, 3.8) is 0 Å². The molecule has 224 valence electrons. The monoisotopic (exact) mass is 644 g/mol. The van der Waals surface area contributed by atoms with Gasteiger partial charge in [0, 0.05) is 35.9 Å². The minimum Gasteiger partial charge on any atom is -0.477 e. The number of rotatable bonds is 8. The minimum absolute atomic E-state index is 0.109. The first kappa shape index (κ1) is 28.8. The summed E-state index contributed by atoms with van der Waals surface area (Å²) < 4.78 is 2.66. The lowest BCUT2D eigenvalue weighted by molar-refractivity contribution is -0.687. The number of aromatic nitrogens is 3. The standard InChI is InChI=1S/C25H25N9O6S3/c1-40-31-16(14-11-42-23(26)27-14)19(35)29-17-20(36)34-18(22(37)38)12(10-41-21(17)34)8-32-7-4-15-13(9-32)28-24(43-15)30-25(39)33-5-2-3-6-33/h4,7,9,11,17,21H,2-3,5-6,8,10H2,1H3,(H4-,26,27,28,29,30,35,37,38,39)/p+1/b31-16-/t17?,21-/m1/s1. The van der Waals surface area contributed by atoms with E-state index in [0.717, 1.165) is 42.0 Å². The van der Waals surface area contributed by atoms with Gasteiger partial charge in [0.1, 0.15) is 35.4 Å². The van der Waals surface area contributed by atoms with Gasteiger partial charge in [0.15, 0.2) is 34.9 Å². The van der Waals surface area contributed by atoms with Crippen molar-refractivity contribution in [1.29, 1.82) is 0 Å². The van der Waals surface area contributed by atoms with E-state index in [1.54, 1.807) is 27.2 Å². The number of nitrogens with one attached hydrogen (secondary N) is 2. The van der Waals surface area contributed by atoms with E-state index >= 15 is 0 Å². The number of pyridine rings is 1. The maximum Gasteiger partial charge on any atom is 0.352 e. The molecule has 0 saturated carbocycles. The van der Waals surface area contributed by atoms with Crippen molar-refractivity contribution in [3.05, 3.63) is 40.8 Å². The van der Waals surface area contributed by atoms with Gasteiger partial charge in [-0.3, -0.25) is 19.8 Å². The maximum atomic E-state index is 13.2. The molecule has 0 aliphatic carbocycles. The topological polar surface area (TPSA) is 196 Å². The zero-order valence-electron chi connectivity index (χ0n) is 22.7. The predicted octanol–water partition coefficient (Wildman–Crippen LogP) is 1.04. The third-order valence-electron chi connectivity index (χ3n) is 7.07. The number of carboxylic acid groups (broad SMARTS) is 1. The highest BCUT2D eigenvalue weighted by molar-refractivity contribution is 8.00. The van der Waals surface area contributed by atoms with Crippen LogP contribution in [-0.4, -0.2) is 91.8 Å². The van der Waals surface area contributed by atoms with E-state index in [9.17, 15) is 24.3 Å². The van der Waals surface area contributed by atoms with Crippen LogP contribution in [0.5, 0.6) is 0 Å². The van der Waals surface area contributed by atoms with Crippen molar-refractivity contribution in [3.8, 4) is 0 Å². The smallest absolute Gasteiger partial charge is 0.352 e. The van der Waals surface area contributed by atoms with Crippen molar-refractivity contribution in [2.24, 2.45) is 5.16 Å². The van der Waals surface area contributed by atoms with Crippen LogP contribution < -0.4 is 20.9 Å². The molecule has 15 nitrogen and oxygen atoms in total. The summed E-state index contributed by atoms with van der Waals surface area (Å²) in [6.07, 6.45) is 5.57. The van der Waals surface area contributed by atoms with Crippen LogP contribution >= 0.6 is 34.4 Å². The van der Waals surface area contributed by atoms with Crippen LogP contribution in [0.4, 0.5) is 15.1 Å². The molecule has 43 heavy (non-hydrogen) atoms. The fourth-order valence-electron chi connectivity index (χ4n) is 5.09. The number of amides is 4. The molecule has 18 heteroatoms. The number of fused-ring (bicyclic) bond motifs is 2. The van der Waals surface area contributed by atoms with Crippen molar-refractivity contribution < 1.29 is 33.7 Å². The summed E-state index contributed by atoms with van der Waals surface area (Å²) in [7, 11) is 1.28. The van der Waals surface area contributed by atoms with Gasteiger partial charge in [-0.2, -0.15) is 4.57 Å². The van der Waals surface area contributed by atoms with Gasteiger partial charge in [0.2, 0.25) is 0 Å². The van der Waals surface area contributed by atoms with Crippen LogP contribution in [0.1, 0.15) is 18.5 Å². The van der Waals surface area contributed by atoms with Gasteiger partial charge in [-0.25, -0.2) is 19.6 Å². The molecule has 2 fully saturated rings. The second kappa shape index (κ2) is 11.8. The van der Waals surface area contributed by atoms with Crippen molar-refractivity contribution in [2.45, 2.75) is 30.8 Å². The summed E-state index contributed by atoms with van der Waals surface area (Å²) in [5.74, 6) is -2.15. The number of anilines is 2. The number of carbonyl (C=O) groups is 4. The van der Waals surface area contributed by atoms with E-state index in [0.29, 0.717) is 22.0 Å². The van der Waals surface area contributed by atoms with Gasteiger partial charge in [0.25, 0.3) is 11.8 Å². The van der Waals surface area contributed by atoms with E-state index < -0.39 is 29.2 Å². The number of carboxylic acids is 1. The fraction of sp³-hybridized carbons (Fsp3) is 0.360. The zero-order chi connectivity index (χ0) is 30.2. The number of urea groups is 1. The van der Waals surface area contributed by atoms with E-state index in [4.69, 9.17) is 10.6 Å². The van der Waals surface area contributed by atoms with Crippen LogP contribution in [0.2, 0.25) is 0 Å². The lowest BCUT2D eigenvalue weighted by atomic mass is 10.0. The number of likely N-dealkylation sites (tertiary alicyclic amines) is 1. The number of nitrogens with two attached hydrogens (primary N) is 1. The fourth-order valence-corrected chi connectivity index (χ4v) is 7.79. The van der Waals surface area contributed by atoms with Crippen LogP contribution in [0.15, 0.2) is 40.3 Å². The molecular weight excluding hydrogens is 619 g/mol. The molecule has 2 saturated heterocycles. The number of β-lactam (4-membered cyclic amide) rings is 1. The Morgan fingerprint density at radius 1 is 1.28 bits per heavy atom. The van der Waals surface area contributed by atoms with Crippen molar-refractivity contribution in [1.82, 2.24) is 25.1 Å². The molecule has 0 radical (unpaired) electrons. The Morgan fingerprint density at radius 2 is 2.07 bits per heavy atom. The molecule has 6 rings (SSSR count). The number of thiazole rings is 2. The average molecular weight is 645 g/mol. The average Bonchev–Trinajstić information content (AvgIpc) is 3.75. The summed E-state index contributed by atoms with van der Waals surface area (Å²) in [5, 5.41) is 21.0. The molecule has 3 aliphatic heterocycles. The molecule has 3 aliphatic rings. The number of thioether (sulfide) groups is 1. The van der Waals surface area contributed by atoms with E-state index in [1.165, 1.54) is 35.1 Å². The number of oxime groups is 1. The Kier molecular flexibility index (Phi) is 7.89. The van der Waals surface area contributed by atoms with E-state index in [1.807, 2.05) is 6.07 Å². The molecule has 4 amide bonds. The number of hydrogen-bond donors (Lipinski definition) is 4. The minimum atomic E-state index is -1.24. The van der Waals surface area contributed by atoms with Crippen molar-refractivity contribution >= 4 is 84.4 Å². The molecule has 0 spiro atoms. The maximum absolute atomic E-state index is 13.2. The van der Waals surface area contributed by atoms with Gasteiger partial charge in [-0.15, -0.1) is 23.1 Å². The largest absolute Gasteiger partial charge is 0.477 e. The van der Waals surface area contributed by atoms with Crippen LogP contribution in [0.25, 0.3) is 10.2 Å². The second-order valence-corrected chi connectivity index (χ2v) is 12.8. The zero-order valence-corrected chi connectivity index (χ0v) is 25.1. The van der Waals surface area contributed by atoms with Gasteiger partial charge in [-0.05, 0) is 12.8 Å². The first-order valence-corrected chi connectivity index (χ1v) is 15.9. The Labute approximate surface area is 256 Å². The molecule has 0 aromatic carbocycles. The first-order valence-electron chi connectivity index (χ1n) is 13.1. The molecule has 0 bridgehead atoms. The summed E-state index contributed by atoms with van der Waals surface area (Å²) in [4.78, 5) is 67.3. The van der Waals surface area contributed by atoms with Gasteiger partial charge in [-0.1, -0.05) is 16.5 Å². The molecule has 5 N–H and O–H groups in total. The number of nitrogen functional groups attached to an aromatic ring is 1.